The number of rotatable bonds is 6. The molecule has 2 N–H and O–H groups in total. The number of hydrogen-bond donors (Lipinski definition) is 1. The summed E-state index contributed by atoms with van der Waals surface area (Å²) >= 11 is 0. The fourth-order valence-corrected chi connectivity index (χ4v) is 3.20. The normalized spacial score (nSPS) is 25.8. The Morgan fingerprint density at radius 1 is 1.39 bits per heavy atom. The highest BCUT2D eigenvalue weighted by atomic mass is 16.2. The highest BCUT2D eigenvalue weighted by Gasteiger charge is 2.33. The zero-order valence-electron chi connectivity index (χ0n) is 12.5. The van der Waals surface area contributed by atoms with Gasteiger partial charge in [0.25, 0.3) is 0 Å². The predicted octanol–water partition coefficient (Wildman–Crippen LogP) is 2.79. The van der Waals surface area contributed by atoms with Crippen molar-refractivity contribution in [3.8, 4) is 0 Å². The minimum atomic E-state index is 0.322. The Labute approximate surface area is 112 Å². The molecule has 3 unspecified atom stereocenters. The second-order valence-electron chi connectivity index (χ2n) is 6.22. The monoisotopic (exact) mass is 254 g/mol. The summed E-state index contributed by atoms with van der Waals surface area (Å²) in [7, 11) is 0. The zero-order valence-corrected chi connectivity index (χ0v) is 12.5. The van der Waals surface area contributed by atoms with Gasteiger partial charge in [-0.3, -0.25) is 4.79 Å². The first-order valence-corrected chi connectivity index (χ1v) is 7.50. The first kappa shape index (κ1) is 15.5. The Kier molecular flexibility index (Phi) is 6.13. The molecule has 3 heteroatoms. The maximum Gasteiger partial charge on any atom is 0.223 e. The minimum Gasteiger partial charge on any atom is -0.337 e. The lowest BCUT2D eigenvalue weighted by Gasteiger charge is -2.30. The molecule has 0 radical (unpaired) electrons. The van der Waals surface area contributed by atoms with Crippen molar-refractivity contribution in [1.29, 1.82) is 0 Å². The Hall–Kier alpha value is -0.570. The van der Waals surface area contributed by atoms with Crippen LogP contribution in [-0.2, 0) is 4.79 Å². The average molecular weight is 254 g/mol. The van der Waals surface area contributed by atoms with Crippen molar-refractivity contribution in [2.24, 2.45) is 17.6 Å². The molecule has 1 fully saturated rings. The quantitative estimate of drug-likeness (QED) is 0.792. The summed E-state index contributed by atoms with van der Waals surface area (Å²) < 4.78 is 0. The summed E-state index contributed by atoms with van der Waals surface area (Å²) in [5.41, 5.74) is 5.80. The molecule has 1 saturated heterocycles. The van der Waals surface area contributed by atoms with Gasteiger partial charge in [0.1, 0.15) is 0 Å². The van der Waals surface area contributed by atoms with E-state index in [2.05, 4.69) is 32.6 Å². The Morgan fingerprint density at radius 2 is 2.06 bits per heavy atom. The third-order valence-electron chi connectivity index (χ3n) is 4.15. The zero-order chi connectivity index (χ0) is 13.7. The molecule has 0 aromatic heterocycles. The van der Waals surface area contributed by atoms with Crippen LogP contribution >= 0.6 is 0 Å². The molecule has 1 rings (SSSR count). The summed E-state index contributed by atoms with van der Waals surface area (Å²) in [5, 5.41) is 0. The number of carbonyl (C=O) groups is 1. The van der Waals surface area contributed by atoms with Gasteiger partial charge in [-0.2, -0.15) is 0 Å². The fraction of sp³-hybridized carbons (Fsp3) is 0.933. The summed E-state index contributed by atoms with van der Waals surface area (Å²) in [6.45, 7) is 9.37. The second kappa shape index (κ2) is 7.13. The van der Waals surface area contributed by atoms with Crippen molar-refractivity contribution in [3.63, 3.8) is 0 Å². The minimum absolute atomic E-state index is 0.322. The summed E-state index contributed by atoms with van der Waals surface area (Å²) in [6, 6.07) is 0.880. The molecule has 0 spiro atoms. The fourth-order valence-electron chi connectivity index (χ4n) is 3.20. The average Bonchev–Trinajstić information content (AvgIpc) is 2.68. The van der Waals surface area contributed by atoms with Crippen molar-refractivity contribution in [2.45, 2.75) is 71.9 Å². The summed E-state index contributed by atoms with van der Waals surface area (Å²) in [6.07, 6.45) is 5.09. The molecule has 0 saturated carbocycles. The summed E-state index contributed by atoms with van der Waals surface area (Å²) in [5.74, 6) is 1.29. The molecular formula is C15H30N2O. The SMILES string of the molecule is CCC1CCC(C)N1C(=O)CC(CN)CC(C)C. The van der Waals surface area contributed by atoms with E-state index in [9.17, 15) is 4.79 Å². The standard InChI is InChI=1S/C15H30N2O/c1-5-14-7-6-12(4)17(14)15(18)9-13(10-16)8-11(2)3/h11-14H,5-10,16H2,1-4H3. The van der Waals surface area contributed by atoms with E-state index < -0.39 is 0 Å². The van der Waals surface area contributed by atoms with Crippen LogP contribution in [-0.4, -0.2) is 29.4 Å². The molecule has 1 aliphatic heterocycles. The van der Waals surface area contributed by atoms with E-state index in [1.165, 1.54) is 6.42 Å². The number of hydrogen-bond acceptors (Lipinski definition) is 2. The van der Waals surface area contributed by atoms with Crippen molar-refractivity contribution >= 4 is 5.91 Å². The van der Waals surface area contributed by atoms with Crippen LogP contribution in [0, 0.1) is 11.8 Å². The highest BCUT2D eigenvalue weighted by molar-refractivity contribution is 5.77. The number of nitrogens with two attached hydrogens (primary N) is 1. The maximum absolute atomic E-state index is 12.4. The highest BCUT2D eigenvalue weighted by Crippen LogP contribution is 2.28. The Morgan fingerprint density at radius 3 is 2.56 bits per heavy atom. The molecule has 0 aromatic carbocycles. The molecule has 1 amide bonds. The van der Waals surface area contributed by atoms with Crippen LogP contribution in [0.2, 0.25) is 0 Å². The van der Waals surface area contributed by atoms with Crippen molar-refractivity contribution in [1.82, 2.24) is 4.90 Å². The van der Waals surface area contributed by atoms with Crippen LogP contribution in [0.5, 0.6) is 0 Å². The number of nitrogens with zero attached hydrogens (tertiary/aromatic N) is 1. The van der Waals surface area contributed by atoms with Gasteiger partial charge in [-0.25, -0.2) is 0 Å². The second-order valence-corrected chi connectivity index (χ2v) is 6.22. The third-order valence-corrected chi connectivity index (χ3v) is 4.15. The van der Waals surface area contributed by atoms with Crippen LogP contribution in [0.15, 0.2) is 0 Å². The van der Waals surface area contributed by atoms with E-state index in [1.807, 2.05) is 0 Å². The first-order chi connectivity index (χ1) is 8.49. The van der Waals surface area contributed by atoms with E-state index in [4.69, 9.17) is 5.73 Å². The van der Waals surface area contributed by atoms with Gasteiger partial charge in [-0.15, -0.1) is 0 Å². The van der Waals surface area contributed by atoms with Gasteiger partial charge in [-0.1, -0.05) is 20.8 Å². The van der Waals surface area contributed by atoms with Crippen LogP contribution < -0.4 is 5.73 Å². The van der Waals surface area contributed by atoms with Crippen LogP contribution in [0.4, 0.5) is 0 Å². The molecule has 0 aliphatic carbocycles. The molecule has 1 aliphatic rings. The van der Waals surface area contributed by atoms with Crippen LogP contribution in [0.25, 0.3) is 0 Å². The van der Waals surface area contributed by atoms with E-state index in [0.29, 0.717) is 42.8 Å². The lowest BCUT2D eigenvalue weighted by molar-refractivity contribution is -0.134. The lowest BCUT2D eigenvalue weighted by Crippen LogP contribution is -2.41. The molecule has 3 atom stereocenters. The van der Waals surface area contributed by atoms with Gasteiger partial charge in [0, 0.05) is 18.5 Å². The van der Waals surface area contributed by atoms with E-state index in [1.54, 1.807) is 0 Å². The lowest BCUT2D eigenvalue weighted by atomic mass is 9.93. The van der Waals surface area contributed by atoms with Gasteiger partial charge in [-0.05, 0) is 51.0 Å². The van der Waals surface area contributed by atoms with Crippen LogP contribution in [0.1, 0.15) is 59.8 Å². The van der Waals surface area contributed by atoms with Gasteiger partial charge >= 0.3 is 0 Å². The number of amides is 1. The Balaban J connectivity index is 2.57. The van der Waals surface area contributed by atoms with Gasteiger partial charge < -0.3 is 10.6 Å². The Bertz CT molecular complexity index is 265. The molecule has 106 valence electrons. The van der Waals surface area contributed by atoms with Crippen molar-refractivity contribution in [3.05, 3.63) is 0 Å². The first-order valence-electron chi connectivity index (χ1n) is 7.50. The molecule has 18 heavy (non-hydrogen) atoms. The largest absolute Gasteiger partial charge is 0.337 e. The topological polar surface area (TPSA) is 46.3 Å². The van der Waals surface area contributed by atoms with Crippen molar-refractivity contribution < 1.29 is 4.79 Å². The molecule has 0 bridgehead atoms. The number of likely N-dealkylation sites (tertiary alicyclic amines) is 1. The van der Waals surface area contributed by atoms with E-state index in [0.717, 1.165) is 19.3 Å². The van der Waals surface area contributed by atoms with E-state index >= 15 is 0 Å². The molecule has 3 nitrogen and oxygen atoms in total. The van der Waals surface area contributed by atoms with Gasteiger partial charge in [0.2, 0.25) is 5.91 Å². The number of carbonyl (C=O) groups excluding carboxylic acids is 1. The predicted molar refractivity (Wildman–Crippen MR) is 76.2 cm³/mol. The summed E-state index contributed by atoms with van der Waals surface area (Å²) in [4.78, 5) is 14.6. The molecular weight excluding hydrogens is 224 g/mol. The molecule has 0 aromatic rings. The van der Waals surface area contributed by atoms with E-state index in [-0.39, 0.29) is 0 Å². The molecule has 1 heterocycles. The van der Waals surface area contributed by atoms with Crippen molar-refractivity contribution in [2.75, 3.05) is 6.54 Å². The maximum atomic E-state index is 12.4. The van der Waals surface area contributed by atoms with Gasteiger partial charge in [0.15, 0.2) is 0 Å². The van der Waals surface area contributed by atoms with Gasteiger partial charge in [0.05, 0.1) is 0 Å². The third kappa shape index (κ3) is 3.98. The van der Waals surface area contributed by atoms with Crippen LogP contribution in [0.3, 0.4) is 0 Å². The smallest absolute Gasteiger partial charge is 0.223 e.